The number of amides is 1. The van der Waals surface area contributed by atoms with E-state index in [1.165, 1.54) is 0 Å². The van der Waals surface area contributed by atoms with Crippen LogP contribution in [0.3, 0.4) is 0 Å². The highest BCUT2D eigenvalue weighted by molar-refractivity contribution is 9.10. The van der Waals surface area contributed by atoms with Crippen molar-refractivity contribution in [1.82, 2.24) is 0 Å². The molecule has 1 aliphatic rings. The van der Waals surface area contributed by atoms with Gasteiger partial charge in [-0.25, -0.2) is 0 Å². The number of methoxy groups -OCH3 is 1. The molecule has 1 amide bonds. The van der Waals surface area contributed by atoms with Crippen LogP contribution in [0.15, 0.2) is 22.7 Å². The molecule has 0 heterocycles. The van der Waals surface area contributed by atoms with Gasteiger partial charge in [0.15, 0.2) is 0 Å². The number of ether oxygens (including phenoxy) is 1. The van der Waals surface area contributed by atoms with Gasteiger partial charge in [-0.15, -0.1) is 0 Å². The second-order valence-electron chi connectivity index (χ2n) is 5.97. The summed E-state index contributed by atoms with van der Waals surface area (Å²) in [5, 5.41) is 3.01. The van der Waals surface area contributed by atoms with Gasteiger partial charge in [0.25, 0.3) is 0 Å². The van der Waals surface area contributed by atoms with E-state index in [1.54, 1.807) is 7.11 Å². The molecule has 2 rings (SSSR count). The first-order valence-electron chi connectivity index (χ1n) is 7.36. The number of hydrogen-bond acceptors (Lipinski definition) is 3. The highest BCUT2D eigenvalue weighted by Gasteiger charge is 2.39. The summed E-state index contributed by atoms with van der Waals surface area (Å²) < 4.78 is 6.02. The lowest BCUT2D eigenvalue weighted by Gasteiger charge is -2.37. The van der Waals surface area contributed by atoms with Gasteiger partial charge in [-0.3, -0.25) is 4.79 Å². The third-order valence-corrected chi connectivity index (χ3v) is 5.13. The first-order valence-corrected chi connectivity index (χ1v) is 8.15. The predicted octanol–water partition coefficient (Wildman–Crippen LogP) is 3.55. The molecule has 1 saturated carbocycles. The van der Waals surface area contributed by atoms with Gasteiger partial charge < -0.3 is 15.8 Å². The maximum absolute atomic E-state index is 12.7. The van der Waals surface area contributed by atoms with E-state index in [4.69, 9.17) is 10.5 Å². The molecule has 3 N–H and O–H groups in total. The largest absolute Gasteiger partial charge is 0.496 e. The number of carbonyl (C=O) groups excluding carboxylic acids is 1. The minimum Gasteiger partial charge on any atom is -0.496 e. The van der Waals surface area contributed by atoms with Crippen molar-refractivity contribution in [2.75, 3.05) is 19.0 Å². The van der Waals surface area contributed by atoms with Crippen molar-refractivity contribution in [3.63, 3.8) is 0 Å². The summed E-state index contributed by atoms with van der Waals surface area (Å²) in [5.41, 5.74) is 6.27. The Morgan fingerprint density at radius 1 is 1.48 bits per heavy atom. The van der Waals surface area contributed by atoms with E-state index in [9.17, 15) is 4.79 Å². The van der Waals surface area contributed by atoms with E-state index in [1.807, 2.05) is 18.2 Å². The van der Waals surface area contributed by atoms with Crippen molar-refractivity contribution in [3.8, 4) is 5.75 Å². The lowest BCUT2D eigenvalue weighted by atomic mass is 9.70. The monoisotopic (exact) mass is 354 g/mol. The predicted molar refractivity (Wildman–Crippen MR) is 88.4 cm³/mol. The molecule has 4 nitrogen and oxygen atoms in total. The van der Waals surface area contributed by atoms with Crippen LogP contribution >= 0.6 is 15.9 Å². The summed E-state index contributed by atoms with van der Waals surface area (Å²) in [4.78, 5) is 12.7. The molecule has 0 radical (unpaired) electrons. The molecule has 0 bridgehead atoms. The van der Waals surface area contributed by atoms with Gasteiger partial charge >= 0.3 is 0 Å². The van der Waals surface area contributed by atoms with Gasteiger partial charge in [0, 0.05) is 12.2 Å². The van der Waals surface area contributed by atoms with Crippen LogP contribution in [0, 0.1) is 11.3 Å². The zero-order valence-electron chi connectivity index (χ0n) is 12.6. The van der Waals surface area contributed by atoms with Crippen molar-refractivity contribution in [2.45, 2.75) is 32.6 Å². The Kier molecular flexibility index (Phi) is 5.27. The van der Waals surface area contributed by atoms with Crippen LogP contribution in [0.25, 0.3) is 0 Å². The molecule has 0 unspecified atom stereocenters. The van der Waals surface area contributed by atoms with Crippen LogP contribution in [-0.4, -0.2) is 19.6 Å². The molecular formula is C16H23BrN2O2. The van der Waals surface area contributed by atoms with Crippen molar-refractivity contribution in [2.24, 2.45) is 17.1 Å². The van der Waals surface area contributed by atoms with E-state index >= 15 is 0 Å². The number of nitrogens with one attached hydrogen (secondary N) is 1. The Hall–Kier alpha value is -1.07. The molecule has 116 valence electrons. The van der Waals surface area contributed by atoms with E-state index in [-0.39, 0.29) is 5.91 Å². The molecule has 1 fully saturated rings. The van der Waals surface area contributed by atoms with Crippen LogP contribution in [0.4, 0.5) is 5.69 Å². The van der Waals surface area contributed by atoms with Gasteiger partial charge in [0.2, 0.25) is 5.91 Å². The third-order valence-electron chi connectivity index (χ3n) is 4.51. The molecule has 0 aliphatic heterocycles. The van der Waals surface area contributed by atoms with Gasteiger partial charge in [-0.05, 0) is 65.7 Å². The van der Waals surface area contributed by atoms with Gasteiger partial charge in [-0.2, -0.15) is 0 Å². The average molecular weight is 355 g/mol. The van der Waals surface area contributed by atoms with E-state index in [2.05, 4.69) is 28.2 Å². The number of anilines is 1. The Morgan fingerprint density at radius 3 is 2.67 bits per heavy atom. The molecular weight excluding hydrogens is 332 g/mol. The SMILES string of the molecule is COc1ccc(NC(=O)C2(CN)CCC(C)CC2)cc1Br. The molecule has 1 aliphatic carbocycles. The first kappa shape index (κ1) is 16.3. The quantitative estimate of drug-likeness (QED) is 0.868. The summed E-state index contributed by atoms with van der Waals surface area (Å²) in [6.45, 7) is 2.64. The smallest absolute Gasteiger partial charge is 0.231 e. The molecule has 0 saturated heterocycles. The summed E-state index contributed by atoms with van der Waals surface area (Å²) in [5.74, 6) is 1.47. The minimum atomic E-state index is -0.418. The fraction of sp³-hybridized carbons (Fsp3) is 0.562. The zero-order chi connectivity index (χ0) is 15.5. The normalized spacial score (nSPS) is 25.4. The molecule has 21 heavy (non-hydrogen) atoms. The van der Waals surface area contributed by atoms with Crippen LogP contribution in [-0.2, 0) is 4.79 Å². The summed E-state index contributed by atoms with van der Waals surface area (Å²) >= 11 is 3.43. The fourth-order valence-corrected chi connectivity index (χ4v) is 3.39. The highest BCUT2D eigenvalue weighted by Crippen LogP contribution is 2.39. The standard InChI is InChI=1S/C16H23BrN2O2/c1-11-5-7-16(10-18,8-6-11)15(20)19-12-3-4-14(21-2)13(17)9-12/h3-4,9,11H,5-8,10,18H2,1-2H3,(H,19,20). The lowest BCUT2D eigenvalue weighted by Crippen LogP contribution is -2.44. The van der Waals surface area contributed by atoms with Gasteiger partial charge in [0.05, 0.1) is 17.0 Å². The fourth-order valence-electron chi connectivity index (χ4n) is 2.85. The summed E-state index contributed by atoms with van der Waals surface area (Å²) in [6.07, 6.45) is 3.87. The minimum absolute atomic E-state index is 0.0361. The van der Waals surface area contributed by atoms with Gasteiger partial charge in [-0.1, -0.05) is 6.92 Å². The molecule has 0 spiro atoms. The van der Waals surface area contributed by atoms with Crippen molar-refractivity contribution in [1.29, 1.82) is 0 Å². The number of halogens is 1. The summed E-state index contributed by atoms with van der Waals surface area (Å²) in [6, 6.07) is 5.53. The zero-order valence-corrected chi connectivity index (χ0v) is 14.2. The van der Waals surface area contributed by atoms with Crippen LogP contribution in [0.5, 0.6) is 5.75 Å². The highest BCUT2D eigenvalue weighted by atomic mass is 79.9. The number of rotatable bonds is 4. The number of nitrogens with two attached hydrogens (primary N) is 1. The molecule has 0 aromatic heterocycles. The van der Waals surface area contributed by atoms with Crippen LogP contribution in [0.2, 0.25) is 0 Å². The lowest BCUT2D eigenvalue weighted by molar-refractivity contribution is -0.127. The van der Waals surface area contributed by atoms with Gasteiger partial charge in [0.1, 0.15) is 5.75 Å². The number of carbonyl (C=O) groups is 1. The first-order chi connectivity index (χ1) is 10.0. The molecule has 5 heteroatoms. The Labute approximate surface area is 134 Å². The van der Waals surface area contributed by atoms with E-state index < -0.39 is 5.41 Å². The molecule has 0 atom stereocenters. The molecule has 1 aromatic carbocycles. The van der Waals surface area contributed by atoms with Crippen molar-refractivity contribution in [3.05, 3.63) is 22.7 Å². The second kappa shape index (κ2) is 6.79. The Bertz CT molecular complexity index is 511. The van der Waals surface area contributed by atoms with Crippen LogP contribution in [0.1, 0.15) is 32.6 Å². The van der Waals surface area contributed by atoms with Crippen LogP contribution < -0.4 is 15.8 Å². The molecule has 1 aromatic rings. The third kappa shape index (κ3) is 3.58. The Balaban J connectivity index is 2.11. The maximum Gasteiger partial charge on any atom is 0.231 e. The van der Waals surface area contributed by atoms with E-state index in [0.717, 1.165) is 41.6 Å². The second-order valence-corrected chi connectivity index (χ2v) is 6.82. The van der Waals surface area contributed by atoms with Crippen molar-refractivity contribution < 1.29 is 9.53 Å². The topological polar surface area (TPSA) is 64.3 Å². The average Bonchev–Trinajstić information content (AvgIpc) is 2.48. The Morgan fingerprint density at radius 2 is 2.14 bits per heavy atom. The number of benzene rings is 1. The van der Waals surface area contributed by atoms with Crippen molar-refractivity contribution >= 4 is 27.5 Å². The summed E-state index contributed by atoms with van der Waals surface area (Å²) in [7, 11) is 1.62. The van der Waals surface area contributed by atoms with E-state index in [0.29, 0.717) is 12.5 Å². The number of hydrogen-bond donors (Lipinski definition) is 2. The maximum atomic E-state index is 12.7.